The molecule has 0 aliphatic heterocycles. The van der Waals surface area contributed by atoms with Gasteiger partial charge in [0.25, 0.3) is 0 Å². The zero-order valence-corrected chi connectivity index (χ0v) is 31.4. The number of para-hydroxylation sites is 3. The summed E-state index contributed by atoms with van der Waals surface area (Å²) in [5, 5.41) is 32.3. The summed E-state index contributed by atoms with van der Waals surface area (Å²) in [6, 6.07) is 61.0. The third-order valence-corrected chi connectivity index (χ3v) is 8.80. The monoisotopic (exact) mass is 892 g/mol. The van der Waals surface area contributed by atoms with Gasteiger partial charge in [0.1, 0.15) is 33.3 Å². The molecule has 10 heteroatoms. The fourth-order valence-electron chi connectivity index (χ4n) is 6.18. The SMILES string of the molecule is Oc1ccccc1-c1nc2ccccc2o1.[Ir].[c-]1ccc2ccccc2c1-n1nc2ccccc2n1.[c-]1ccc2ccccc2c1-n1nc2ccccc2n1. The molecule has 1 N–H and O–H groups in total. The summed E-state index contributed by atoms with van der Waals surface area (Å²) < 4.78 is 5.56. The van der Waals surface area contributed by atoms with Gasteiger partial charge in [-0.25, -0.2) is 4.98 Å². The zero-order valence-electron chi connectivity index (χ0n) is 29.0. The average Bonchev–Trinajstić information content (AvgIpc) is 3.98. The smallest absolute Gasteiger partial charge is 0.231 e. The van der Waals surface area contributed by atoms with Gasteiger partial charge in [-0.1, -0.05) is 84.9 Å². The van der Waals surface area contributed by atoms with E-state index in [9.17, 15) is 5.11 Å². The molecule has 0 saturated heterocycles. The molecule has 1 radical (unpaired) electrons. The van der Waals surface area contributed by atoms with Crippen LogP contribution in [0.25, 0.3) is 77.5 Å². The number of hydrogen-bond donors (Lipinski definition) is 1. The van der Waals surface area contributed by atoms with Crippen LogP contribution in [0.4, 0.5) is 0 Å². The summed E-state index contributed by atoms with van der Waals surface area (Å²) in [4.78, 5) is 7.64. The molecule has 0 unspecified atom stereocenters. The Balaban J connectivity index is 0.000000116. The van der Waals surface area contributed by atoms with E-state index in [1.807, 2.05) is 127 Å². The van der Waals surface area contributed by atoms with Crippen molar-refractivity contribution >= 4 is 54.7 Å². The molecule has 55 heavy (non-hydrogen) atoms. The number of benzene rings is 8. The summed E-state index contributed by atoms with van der Waals surface area (Å²) in [6.07, 6.45) is 0. The van der Waals surface area contributed by atoms with Crippen LogP contribution in [0.2, 0.25) is 0 Å². The first-order valence-electron chi connectivity index (χ1n) is 17.3. The van der Waals surface area contributed by atoms with E-state index in [2.05, 4.69) is 61.8 Å². The maximum atomic E-state index is 9.69. The van der Waals surface area contributed by atoms with Gasteiger partial charge < -0.3 is 9.52 Å². The van der Waals surface area contributed by atoms with E-state index in [1.165, 1.54) is 0 Å². The number of oxazole rings is 1. The first-order valence-corrected chi connectivity index (χ1v) is 17.3. The van der Waals surface area contributed by atoms with Gasteiger partial charge in [0, 0.05) is 20.1 Å². The number of phenols is 1. The Bertz CT molecular complexity index is 2800. The number of rotatable bonds is 3. The van der Waals surface area contributed by atoms with Crippen molar-refractivity contribution in [2.45, 2.75) is 0 Å². The summed E-state index contributed by atoms with van der Waals surface area (Å²) >= 11 is 0. The van der Waals surface area contributed by atoms with E-state index in [0.29, 0.717) is 11.5 Å². The third kappa shape index (κ3) is 7.20. The quantitative estimate of drug-likeness (QED) is 0.176. The Morgan fingerprint density at radius 3 is 1.36 bits per heavy atom. The maximum Gasteiger partial charge on any atom is 0.231 e. The minimum Gasteiger partial charge on any atom is -0.507 e. The van der Waals surface area contributed by atoms with E-state index < -0.39 is 0 Å². The van der Waals surface area contributed by atoms with Gasteiger partial charge in [-0.15, -0.1) is 33.7 Å². The Hall–Kier alpha value is -7.00. The Labute approximate surface area is 328 Å². The topological polar surface area (TPSA) is 108 Å². The van der Waals surface area contributed by atoms with E-state index in [4.69, 9.17) is 4.42 Å². The van der Waals surface area contributed by atoms with Crippen molar-refractivity contribution in [1.29, 1.82) is 0 Å². The molecule has 0 saturated carbocycles. The van der Waals surface area contributed by atoms with Crippen LogP contribution in [0, 0.1) is 12.1 Å². The minimum absolute atomic E-state index is 0. The fraction of sp³-hybridized carbons (Fsp3) is 0. The van der Waals surface area contributed by atoms with E-state index in [-0.39, 0.29) is 25.9 Å². The number of fused-ring (bicyclic) bond motifs is 5. The number of hydrogen-bond acceptors (Lipinski definition) is 7. The molecule has 0 aliphatic carbocycles. The molecular weight excluding hydrogens is 863 g/mol. The van der Waals surface area contributed by atoms with Crippen molar-refractivity contribution < 1.29 is 29.6 Å². The van der Waals surface area contributed by atoms with Gasteiger partial charge >= 0.3 is 0 Å². The Kier molecular flexibility index (Phi) is 9.90. The van der Waals surface area contributed by atoms with Gasteiger partial charge in [-0.05, 0) is 59.9 Å². The van der Waals surface area contributed by atoms with Crippen LogP contribution < -0.4 is 0 Å². The zero-order chi connectivity index (χ0) is 36.3. The molecule has 0 amide bonds. The molecule has 0 fully saturated rings. The van der Waals surface area contributed by atoms with E-state index >= 15 is 0 Å². The van der Waals surface area contributed by atoms with Crippen LogP contribution in [0.1, 0.15) is 0 Å². The van der Waals surface area contributed by atoms with Crippen LogP contribution in [0.5, 0.6) is 5.75 Å². The molecule has 0 spiro atoms. The Morgan fingerprint density at radius 2 is 0.873 bits per heavy atom. The van der Waals surface area contributed by atoms with E-state index in [1.54, 1.807) is 27.8 Å². The van der Waals surface area contributed by atoms with Crippen molar-refractivity contribution in [3.05, 3.63) is 182 Å². The summed E-state index contributed by atoms with van der Waals surface area (Å²) in [5.74, 6) is 0.619. The second-order valence-electron chi connectivity index (χ2n) is 12.3. The van der Waals surface area contributed by atoms with Crippen LogP contribution in [-0.4, -0.2) is 40.1 Å². The molecule has 9 nitrogen and oxygen atoms in total. The van der Waals surface area contributed by atoms with E-state index in [0.717, 1.165) is 66.1 Å². The maximum absolute atomic E-state index is 9.69. The number of aromatic nitrogens is 7. The second-order valence-corrected chi connectivity index (χ2v) is 12.3. The van der Waals surface area contributed by atoms with Gasteiger partial charge in [-0.2, -0.15) is 66.4 Å². The molecule has 8 aromatic carbocycles. The van der Waals surface area contributed by atoms with Crippen LogP contribution >= 0.6 is 0 Å². The van der Waals surface area contributed by atoms with Crippen molar-refractivity contribution in [1.82, 2.24) is 35.0 Å². The summed E-state index contributed by atoms with van der Waals surface area (Å²) in [5.41, 5.74) is 7.46. The number of phenolic OH excluding ortho intramolecular Hbond substituents is 1. The van der Waals surface area contributed by atoms with Crippen LogP contribution in [-0.2, 0) is 20.1 Å². The van der Waals surface area contributed by atoms with Crippen molar-refractivity contribution in [2.24, 2.45) is 0 Å². The molecule has 3 aromatic heterocycles. The fourth-order valence-corrected chi connectivity index (χ4v) is 6.18. The van der Waals surface area contributed by atoms with Gasteiger partial charge in [0.05, 0.1) is 5.56 Å². The first-order chi connectivity index (χ1) is 26.7. The summed E-state index contributed by atoms with van der Waals surface area (Å²) in [7, 11) is 0. The van der Waals surface area contributed by atoms with Crippen molar-refractivity contribution in [2.75, 3.05) is 0 Å². The molecule has 0 aliphatic rings. The van der Waals surface area contributed by atoms with Gasteiger partial charge in [-0.3, -0.25) is 0 Å². The Morgan fingerprint density at radius 1 is 0.455 bits per heavy atom. The number of nitrogens with zero attached hydrogens (tertiary/aromatic N) is 7. The third-order valence-electron chi connectivity index (χ3n) is 8.80. The van der Waals surface area contributed by atoms with Crippen molar-refractivity contribution in [3.8, 4) is 28.6 Å². The van der Waals surface area contributed by atoms with Crippen molar-refractivity contribution in [3.63, 3.8) is 0 Å². The molecular formula is C45H29IrN7O2-2. The largest absolute Gasteiger partial charge is 0.507 e. The predicted molar refractivity (Wildman–Crippen MR) is 212 cm³/mol. The normalized spacial score (nSPS) is 10.8. The first kappa shape index (κ1) is 35.1. The second kappa shape index (κ2) is 15.5. The molecule has 3 heterocycles. The predicted octanol–water partition coefficient (Wildman–Crippen LogP) is 9.95. The van der Waals surface area contributed by atoms with Crippen LogP contribution in [0.15, 0.2) is 174 Å². The number of aromatic hydroxyl groups is 1. The standard InChI is InChI=1S/2C16H10N3.C13H9NO2.Ir/c2*1-2-8-13-12(6-1)7-5-11-16(13)19-17-14-9-3-4-10-15(14)18-19;15-11-7-3-1-5-9(11)13-14-10-6-2-4-8-12(10)16-13;/h2*1-10H;1-8,15H;/q2*-1;;. The van der Waals surface area contributed by atoms with Gasteiger partial charge in [0.2, 0.25) is 5.89 Å². The summed E-state index contributed by atoms with van der Waals surface area (Å²) in [6.45, 7) is 0. The molecule has 0 bridgehead atoms. The molecule has 267 valence electrons. The molecule has 11 aromatic rings. The van der Waals surface area contributed by atoms with Gasteiger partial charge in [0.15, 0.2) is 5.58 Å². The molecule has 11 rings (SSSR count). The average molecular weight is 892 g/mol. The molecule has 0 atom stereocenters. The van der Waals surface area contributed by atoms with Crippen LogP contribution in [0.3, 0.4) is 0 Å². The minimum atomic E-state index is 0.